The summed E-state index contributed by atoms with van der Waals surface area (Å²) >= 11 is 0.847. The Bertz CT molecular complexity index is 1410. The zero-order valence-corrected chi connectivity index (χ0v) is 24.7. The van der Waals surface area contributed by atoms with E-state index in [2.05, 4.69) is 15.0 Å². The molecule has 2 aliphatic rings. The number of hydrogen-bond donors (Lipinski definition) is 3. The van der Waals surface area contributed by atoms with Crippen LogP contribution in [0.15, 0.2) is 48.5 Å². The predicted molar refractivity (Wildman–Crippen MR) is 163 cm³/mol. The topological polar surface area (TPSA) is 117 Å². The van der Waals surface area contributed by atoms with Gasteiger partial charge in [0, 0.05) is 17.8 Å². The Balaban J connectivity index is 1.53. The Morgan fingerprint density at radius 3 is 2.12 bits per heavy atom. The number of nitrogens with two attached hydrogens (primary N) is 1. The van der Waals surface area contributed by atoms with E-state index in [4.69, 9.17) is 5.73 Å². The van der Waals surface area contributed by atoms with Crippen LogP contribution in [0.3, 0.4) is 0 Å². The van der Waals surface area contributed by atoms with Crippen LogP contribution < -0.4 is 21.3 Å². The van der Waals surface area contributed by atoms with Gasteiger partial charge in [-0.25, -0.2) is 4.39 Å². The van der Waals surface area contributed by atoms with Crippen LogP contribution in [-0.4, -0.2) is 34.2 Å². The molecule has 0 saturated heterocycles. The lowest BCUT2D eigenvalue weighted by Gasteiger charge is -2.34. The molecule has 42 heavy (non-hydrogen) atoms. The third kappa shape index (κ3) is 6.64. The molecule has 2 aromatic carbocycles. The molecule has 0 unspecified atom stereocenters. The van der Waals surface area contributed by atoms with E-state index in [0.717, 1.165) is 81.3 Å². The molecule has 0 bridgehead atoms. The van der Waals surface area contributed by atoms with Crippen molar-refractivity contribution in [3.63, 3.8) is 0 Å². The van der Waals surface area contributed by atoms with Crippen molar-refractivity contribution in [3.8, 4) is 0 Å². The highest BCUT2D eigenvalue weighted by molar-refractivity contribution is 7.09. The summed E-state index contributed by atoms with van der Waals surface area (Å²) in [5.41, 5.74) is 8.18. The van der Waals surface area contributed by atoms with Crippen LogP contribution >= 0.6 is 11.5 Å². The molecule has 2 saturated carbocycles. The third-order valence-electron chi connectivity index (χ3n) is 8.32. The number of para-hydroxylation sites is 1. The SMILES string of the molecule is Cc1ccccc1N(C(=O)c1snc(C(=O)NC2CCCCC2)c1N)[C@H](C(=O)NC1CCCCC1)c1ccc(F)cc1. The van der Waals surface area contributed by atoms with Crippen LogP contribution in [0.4, 0.5) is 15.8 Å². The Hall–Kier alpha value is -3.79. The number of amides is 3. The van der Waals surface area contributed by atoms with Crippen molar-refractivity contribution in [2.45, 2.75) is 89.3 Å². The number of benzene rings is 2. The minimum absolute atomic E-state index is 0.00780. The lowest BCUT2D eigenvalue weighted by molar-refractivity contribution is -0.123. The second kappa shape index (κ2) is 13.5. The monoisotopic (exact) mass is 591 g/mol. The Kier molecular flexibility index (Phi) is 9.51. The van der Waals surface area contributed by atoms with Gasteiger partial charge < -0.3 is 16.4 Å². The molecule has 1 atom stereocenters. The number of anilines is 2. The van der Waals surface area contributed by atoms with E-state index in [1.165, 1.54) is 29.2 Å². The summed E-state index contributed by atoms with van der Waals surface area (Å²) in [6.45, 7) is 1.86. The van der Waals surface area contributed by atoms with Crippen molar-refractivity contribution in [2.75, 3.05) is 10.6 Å². The molecule has 222 valence electrons. The number of halogens is 1. The van der Waals surface area contributed by atoms with Crippen LogP contribution in [0.25, 0.3) is 0 Å². The van der Waals surface area contributed by atoms with Crippen molar-refractivity contribution in [1.29, 1.82) is 0 Å². The van der Waals surface area contributed by atoms with E-state index in [9.17, 15) is 18.8 Å². The van der Waals surface area contributed by atoms with Gasteiger partial charge in [0.25, 0.3) is 11.8 Å². The number of carbonyl (C=O) groups excluding carboxylic acids is 3. The summed E-state index contributed by atoms with van der Waals surface area (Å²) in [6, 6.07) is 11.8. The summed E-state index contributed by atoms with van der Waals surface area (Å²) in [7, 11) is 0. The molecule has 4 N–H and O–H groups in total. The largest absolute Gasteiger partial charge is 0.395 e. The van der Waals surface area contributed by atoms with E-state index in [0.29, 0.717) is 11.3 Å². The molecule has 0 spiro atoms. The molecule has 1 heterocycles. The maximum absolute atomic E-state index is 14.5. The molecule has 8 nitrogen and oxygen atoms in total. The van der Waals surface area contributed by atoms with Gasteiger partial charge in [0.1, 0.15) is 16.7 Å². The number of hydrogen-bond acceptors (Lipinski definition) is 6. The first-order chi connectivity index (χ1) is 20.3. The van der Waals surface area contributed by atoms with E-state index in [-0.39, 0.29) is 34.2 Å². The quantitative estimate of drug-likeness (QED) is 0.294. The summed E-state index contributed by atoms with van der Waals surface area (Å²) < 4.78 is 18.3. The maximum Gasteiger partial charge on any atom is 0.273 e. The molecular formula is C32H38FN5O3S. The number of carbonyl (C=O) groups is 3. The Morgan fingerprint density at radius 1 is 0.905 bits per heavy atom. The molecule has 5 rings (SSSR count). The van der Waals surface area contributed by atoms with Crippen molar-refractivity contribution in [3.05, 3.63) is 76.0 Å². The Labute approximate surface area is 250 Å². The minimum Gasteiger partial charge on any atom is -0.395 e. The fraction of sp³-hybridized carbons (Fsp3) is 0.438. The molecule has 3 amide bonds. The highest BCUT2D eigenvalue weighted by Gasteiger charge is 2.37. The number of nitrogen functional groups attached to an aromatic ring is 1. The minimum atomic E-state index is -1.11. The molecule has 0 radical (unpaired) electrons. The van der Waals surface area contributed by atoms with Crippen LogP contribution in [0.5, 0.6) is 0 Å². The third-order valence-corrected chi connectivity index (χ3v) is 9.17. The van der Waals surface area contributed by atoms with Gasteiger partial charge in [-0.15, -0.1) is 0 Å². The fourth-order valence-corrected chi connectivity index (χ4v) is 6.75. The van der Waals surface area contributed by atoms with Crippen LogP contribution in [0, 0.1) is 12.7 Å². The molecular weight excluding hydrogens is 553 g/mol. The molecule has 2 aliphatic carbocycles. The molecule has 1 aromatic heterocycles. The summed E-state index contributed by atoms with van der Waals surface area (Å²) in [4.78, 5) is 43.1. The highest BCUT2D eigenvalue weighted by atomic mass is 32.1. The molecule has 3 aromatic rings. The summed E-state index contributed by atoms with van der Waals surface area (Å²) in [6.07, 6.45) is 9.97. The number of nitrogens with one attached hydrogen (secondary N) is 2. The van der Waals surface area contributed by atoms with Gasteiger partial charge in [-0.1, -0.05) is 68.9 Å². The molecule has 2 fully saturated rings. The van der Waals surface area contributed by atoms with Gasteiger partial charge in [0.05, 0.1) is 5.69 Å². The van der Waals surface area contributed by atoms with E-state index in [1.807, 2.05) is 19.1 Å². The van der Waals surface area contributed by atoms with Crippen molar-refractivity contribution in [2.24, 2.45) is 0 Å². The fourth-order valence-electron chi connectivity index (χ4n) is 6.01. The molecule has 10 heteroatoms. The standard InChI is InChI=1S/C32H38FN5O3S/c1-20-10-8-9-15-25(20)38(28(21-16-18-22(33)19-17-21)31(40)36-24-13-6-3-7-14-24)32(41)29-26(34)27(37-42-29)30(39)35-23-11-4-2-5-12-23/h8-10,15-19,23-24,28H,2-7,11-14,34H2,1H3,(H,35,39)(H,36,40)/t28-/m0/s1. The maximum atomic E-state index is 14.5. The van der Waals surface area contributed by atoms with Crippen molar-refractivity contribution in [1.82, 2.24) is 15.0 Å². The first-order valence-corrected chi connectivity index (χ1v) is 15.6. The zero-order chi connectivity index (χ0) is 29.6. The average molecular weight is 592 g/mol. The Morgan fingerprint density at radius 2 is 1.50 bits per heavy atom. The van der Waals surface area contributed by atoms with E-state index in [1.54, 1.807) is 12.1 Å². The van der Waals surface area contributed by atoms with Gasteiger partial charge in [-0.05, 0) is 73.5 Å². The zero-order valence-electron chi connectivity index (χ0n) is 23.9. The predicted octanol–water partition coefficient (Wildman–Crippen LogP) is 6.07. The second-order valence-corrected chi connectivity index (χ2v) is 12.1. The van der Waals surface area contributed by atoms with Gasteiger partial charge in [0.15, 0.2) is 5.69 Å². The summed E-state index contributed by atoms with van der Waals surface area (Å²) in [5, 5.41) is 6.17. The van der Waals surface area contributed by atoms with Gasteiger partial charge >= 0.3 is 0 Å². The average Bonchev–Trinajstić information content (AvgIpc) is 3.39. The van der Waals surface area contributed by atoms with Gasteiger partial charge in [-0.3, -0.25) is 19.3 Å². The number of aryl methyl sites for hydroxylation is 1. The number of aromatic nitrogens is 1. The lowest BCUT2D eigenvalue weighted by atomic mass is 9.94. The summed E-state index contributed by atoms with van der Waals surface area (Å²) in [5.74, 6) is -1.76. The van der Waals surface area contributed by atoms with Gasteiger partial charge in [0.2, 0.25) is 5.91 Å². The van der Waals surface area contributed by atoms with Crippen LogP contribution in [0.2, 0.25) is 0 Å². The van der Waals surface area contributed by atoms with Crippen molar-refractivity contribution < 1.29 is 18.8 Å². The van der Waals surface area contributed by atoms with E-state index >= 15 is 0 Å². The van der Waals surface area contributed by atoms with Crippen LogP contribution in [-0.2, 0) is 4.79 Å². The number of rotatable bonds is 8. The van der Waals surface area contributed by atoms with Gasteiger partial charge in [-0.2, -0.15) is 4.37 Å². The first-order valence-electron chi connectivity index (χ1n) is 14.8. The molecule has 0 aliphatic heterocycles. The smallest absolute Gasteiger partial charge is 0.273 e. The second-order valence-electron chi connectivity index (χ2n) is 11.3. The number of nitrogens with zero attached hydrogens (tertiary/aromatic N) is 2. The normalized spacial score (nSPS) is 16.9. The lowest BCUT2D eigenvalue weighted by Crippen LogP contribution is -2.47. The van der Waals surface area contributed by atoms with Crippen LogP contribution in [0.1, 0.15) is 102 Å². The highest BCUT2D eigenvalue weighted by Crippen LogP contribution is 2.35. The van der Waals surface area contributed by atoms with Crippen molar-refractivity contribution >= 4 is 40.6 Å². The first kappa shape index (κ1) is 29.7. The van der Waals surface area contributed by atoms with E-state index < -0.39 is 23.7 Å².